The minimum atomic E-state index is -0.264. The Kier molecular flexibility index (Phi) is 4.17. The van der Waals surface area contributed by atoms with Crippen molar-refractivity contribution in [2.24, 2.45) is 0 Å². The van der Waals surface area contributed by atoms with E-state index in [0.29, 0.717) is 5.82 Å². The topological polar surface area (TPSA) is 97.1 Å². The molecule has 0 saturated carbocycles. The number of fused-ring (bicyclic) bond motifs is 2. The second-order valence-electron chi connectivity index (χ2n) is 7.24. The molecule has 1 fully saturated rings. The van der Waals surface area contributed by atoms with Gasteiger partial charge in [-0.15, -0.1) is 11.3 Å². The summed E-state index contributed by atoms with van der Waals surface area (Å²) in [4.78, 5) is 27.6. The molecular weight excluding hydrogens is 374 g/mol. The van der Waals surface area contributed by atoms with Gasteiger partial charge in [-0.2, -0.15) is 0 Å². The smallest absolute Gasteiger partial charge is 0.252 e. The Labute approximate surface area is 166 Å². The minimum absolute atomic E-state index is 0.126. The molecule has 3 N–H and O–H groups in total. The summed E-state index contributed by atoms with van der Waals surface area (Å²) in [6.07, 6.45) is 4.13. The van der Waals surface area contributed by atoms with Crippen LogP contribution < -0.4 is 16.2 Å². The van der Waals surface area contributed by atoms with E-state index in [2.05, 4.69) is 25.9 Å². The van der Waals surface area contributed by atoms with E-state index in [4.69, 9.17) is 10.5 Å². The summed E-state index contributed by atoms with van der Waals surface area (Å²) >= 11 is 1.79. The maximum absolute atomic E-state index is 11.6. The van der Waals surface area contributed by atoms with Gasteiger partial charge >= 0.3 is 0 Å². The van der Waals surface area contributed by atoms with Crippen molar-refractivity contribution in [2.75, 3.05) is 30.3 Å². The van der Waals surface area contributed by atoms with Crippen LogP contribution in [0.4, 0.5) is 11.6 Å². The van der Waals surface area contributed by atoms with Crippen molar-refractivity contribution in [2.45, 2.75) is 24.9 Å². The van der Waals surface area contributed by atoms with Gasteiger partial charge in [0.1, 0.15) is 11.6 Å². The van der Waals surface area contributed by atoms with E-state index in [1.54, 1.807) is 23.5 Å². The number of anilines is 2. The molecule has 1 spiro atoms. The predicted octanol–water partition coefficient (Wildman–Crippen LogP) is 2.54. The van der Waals surface area contributed by atoms with Crippen LogP contribution in [-0.4, -0.2) is 34.6 Å². The van der Waals surface area contributed by atoms with Gasteiger partial charge < -0.3 is 20.4 Å². The average Bonchev–Trinajstić information content (AvgIpc) is 3.15. The van der Waals surface area contributed by atoms with Gasteiger partial charge in [0.25, 0.3) is 5.56 Å². The summed E-state index contributed by atoms with van der Waals surface area (Å²) in [6, 6.07) is 9.54. The first-order chi connectivity index (χ1) is 13.6. The third-order valence-electron chi connectivity index (χ3n) is 5.59. The molecule has 0 bridgehead atoms. The number of nitrogens with one attached hydrogen (secondary N) is 1. The fourth-order valence-electron chi connectivity index (χ4n) is 4.17. The van der Waals surface area contributed by atoms with E-state index in [1.807, 2.05) is 12.1 Å². The molecule has 0 atom stereocenters. The Bertz CT molecular complexity index is 1070. The number of nitrogens with zero attached hydrogens (tertiary/aromatic N) is 3. The minimum Gasteiger partial charge on any atom is -0.384 e. The first-order valence-corrected chi connectivity index (χ1v) is 10.2. The Hall–Kier alpha value is -2.71. The van der Waals surface area contributed by atoms with Crippen LogP contribution in [0.25, 0.3) is 10.6 Å². The van der Waals surface area contributed by atoms with Crippen molar-refractivity contribution in [1.29, 1.82) is 0 Å². The van der Waals surface area contributed by atoms with Crippen molar-refractivity contribution in [1.82, 2.24) is 15.0 Å². The second kappa shape index (κ2) is 6.72. The summed E-state index contributed by atoms with van der Waals surface area (Å²) in [7, 11) is 0. The number of thiophene rings is 1. The van der Waals surface area contributed by atoms with Crippen LogP contribution in [0.2, 0.25) is 0 Å². The van der Waals surface area contributed by atoms with Gasteiger partial charge in [0.15, 0.2) is 0 Å². The van der Waals surface area contributed by atoms with E-state index in [1.165, 1.54) is 16.8 Å². The molecular formula is C20H21N5O2S. The number of nitrogens with two attached hydrogens (primary N) is 1. The summed E-state index contributed by atoms with van der Waals surface area (Å²) in [5.74, 6) is 1.26. The number of ether oxygens (including phenoxy) is 1. The fraction of sp³-hybridized carbons (Fsp3) is 0.350. The molecule has 2 aliphatic rings. The van der Waals surface area contributed by atoms with Crippen LogP contribution in [0.1, 0.15) is 23.3 Å². The number of aromatic nitrogens is 3. The van der Waals surface area contributed by atoms with E-state index in [-0.39, 0.29) is 11.2 Å². The summed E-state index contributed by atoms with van der Waals surface area (Å²) in [6.45, 7) is 2.34. The standard InChI is InChI=1S/C20H21N5O2S/c21-17-3-1-2-14(24-17)16-10-13-15(28-16)4-9-27-20(13)5-7-25(8-6-20)18-11-19(26)23-12-22-18/h1-3,10-12H,4-9H2,(H2,21,24)(H,22,23,26). The maximum Gasteiger partial charge on any atom is 0.252 e. The van der Waals surface area contributed by atoms with Crippen LogP contribution in [-0.2, 0) is 16.8 Å². The van der Waals surface area contributed by atoms with Gasteiger partial charge in [-0.1, -0.05) is 6.07 Å². The number of piperidine rings is 1. The van der Waals surface area contributed by atoms with Gasteiger partial charge in [-0.25, -0.2) is 9.97 Å². The quantitative estimate of drug-likeness (QED) is 0.692. The molecule has 5 heterocycles. The van der Waals surface area contributed by atoms with Crippen molar-refractivity contribution >= 4 is 23.0 Å². The molecule has 8 heteroatoms. The zero-order valence-corrected chi connectivity index (χ0v) is 16.2. The SMILES string of the molecule is Nc1cccc(-c2cc3c(s2)CCOC32CCN(c3cc(=O)[nH]cn3)CC2)n1. The van der Waals surface area contributed by atoms with Crippen LogP contribution in [0.3, 0.4) is 0 Å². The molecule has 1 saturated heterocycles. The molecule has 0 unspecified atom stereocenters. The number of pyridine rings is 1. The number of hydrogen-bond acceptors (Lipinski definition) is 7. The maximum atomic E-state index is 11.6. The Morgan fingerprint density at radius 3 is 2.89 bits per heavy atom. The van der Waals surface area contributed by atoms with Crippen LogP contribution in [0.15, 0.2) is 41.5 Å². The highest BCUT2D eigenvalue weighted by Gasteiger charge is 2.42. The zero-order valence-electron chi connectivity index (χ0n) is 15.4. The third-order valence-corrected chi connectivity index (χ3v) is 6.81. The zero-order chi connectivity index (χ0) is 19.1. The summed E-state index contributed by atoms with van der Waals surface area (Å²) in [5.41, 5.74) is 7.69. The number of rotatable bonds is 2. The van der Waals surface area contributed by atoms with Gasteiger partial charge in [0, 0.05) is 30.5 Å². The molecule has 7 nitrogen and oxygen atoms in total. The van der Waals surface area contributed by atoms with E-state index >= 15 is 0 Å². The summed E-state index contributed by atoms with van der Waals surface area (Å²) in [5, 5.41) is 0. The molecule has 0 amide bonds. The van der Waals surface area contributed by atoms with Gasteiger partial charge in [0.05, 0.1) is 29.1 Å². The summed E-state index contributed by atoms with van der Waals surface area (Å²) < 4.78 is 6.36. The monoisotopic (exact) mass is 395 g/mol. The van der Waals surface area contributed by atoms with Gasteiger partial charge in [-0.05, 0) is 36.6 Å². The van der Waals surface area contributed by atoms with Crippen LogP contribution in [0.5, 0.6) is 0 Å². The largest absolute Gasteiger partial charge is 0.384 e. The number of H-pyrrole nitrogens is 1. The predicted molar refractivity (Wildman–Crippen MR) is 110 cm³/mol. The van der Waals surface area contributed by atoms with E-state index in [0.717, 1.165) is 55.3 Å². The highest BCUT2D eigenvalue weighted by molar-refractivity contribution is 7.15. The lowest BCUT2D eigenvalue weighted by Gasteiger charge is -2.44. The Morgan fingerprint density at radius 2 is 2.11 bits per heavy atom. The first-order valence-electron chi connectivity index (χ1n) is 9.43. The molecule has 3 aromatic rings. The molecule has 5 rings (SSSR count). The number of hydrogen-bond donors (Lipinski definition) is 2. The molecule has 0 radical (unpaired) electrons. The normalized spacial score (nSPS) is 18.2. The highest BCUT2D eigenvalue weighted by Crippen LogP contribution is 2.46. The molecule has 0 aliphatic carbocycles. The van der Waals surface area contributed by atoms with Gasteiger partial charge in [0.2, 0.25) is 0 Å². The number of aromatic amines is 1. The lowest BCUT2D eigenvalue weighted by atomic mass is 9.82. The van der Waals surface area contributed by atoms with Crippen molar-refractivity contribution in [3.8, 4) is 10.6 Å². The molecule has 0 aromatic carbocycles. The van der Waals surface area contributed by atoms with Crippen LogP contribution in [0, 0.1) is 0 Å². The number of nitrogen functional groups attached to an aromatic ring is 1. The van der Waals surface area contributed by atoms with E-state index in [9.17, 15) is 4.79 Å². The highest BCUT2D eigenvalue weighted by atomic mass is 32.1. The third kappa shape index (κ3) is 2.98. The van der Waals surface area contributed by atoms with Crippen molar-refractivity contribution in [3.63, 3.8) is 0 Å². The Morgan fingerprint density at radius 1 is 1.25 bits per heavy atom. The average molecular weight is 395 g/mol. The van der Waals surface area contributed by atoms with Crippen LogP contribution >= 0.6 is 11.3 Å². The molecule has 3 aromatic heterocycles. The molecule has 28 heavy (non-hydrogen) atoms. The van der Waals surface area contributed by atoms with E-state index < -0.39 is 0 Å². The second-order valence-corrected chi connectivity index (χ2v) is 8.38. The molecule has 2 aliphatic heterocycles. The lowest BCUT2D eigenvalue weighted by Crippen LogP contribution is -2.46. The molecule has 144 valence electrons. The first kappa shape index (κ1) is 17.4. The van der Waals surface area contributed by atoms with Crippen molar-refractivity contribution < 1.29 is 4.74 Å². The Balaban J connectivity index is 1.43. The van der Waals surface area contributed by atoms with Crippen molar-refractivity contribution in [3.05, 3.63) is 57.5 Å². The lowest BCUT2D eigenvalue weighted by molar-refractivity contribution is -0.0757. The van der Waals surface area contributed by atoms with Gasteiger partial charge in [-0.3, -0.25) is 4.79 Å². The fourth-order valence-corrected chi connectivity index (χ4v) is 5.37.